The number of amides is 1. The van der Waals surface area contributed by atoms with E-state index in [4.69, 9.17) is 9.47 Å². The Morgan fingerprint density at radius 3 is 2.45 bits per heavy atom. The third-order valence-corrected chi connectivity index (χ3v) is 2.31. The summed E-state index contributed by atoms with van der Waals surface area (Å²) in [5, 5.41) is 2.69. The van der Waals surface area contributed by atoms with Crippen molar-refractivity contribution in [3.05, 3.63) is 35.6 Å². The minimum Gasteiger partial charge on any atom is -0.444 e. The highest BCUT2D eigenvalue weighted by Gasteiger charge is 2.17. The Bertz CT molecular complexity index is 426. The number of halogens is 1. The monoisotopic (exact) mass is 283 g/mol. The van der Waals surface area contributed by atoms with Crippen LogP contribution in [-0.4, -0.2) is 24.3 Å². The van der Waals surface area contributed by atoms with Crippen molar-refractivity contribution in [2.75, 3.05) is 6.61 Å². The zero-order valence-electron chi connectivity index (χ0n) is 12.4. The van der Waals surface area contributed by atoms with E-state index >= 15 is 0 Å². The molecule has 1 amide bonds. The van der Waals surface area contributed by atoms with E-state index in [-0.39, 0.29) is 11.9 Å². The zero-order valence-corrected chi connectivity index (χ0v) is 12.4. The summed E-state index contributed by atoms with van der Waals surface area (Å²) >= 11 is 0. The van der Waals surface area contributed by atoms with Crippen LogP contribution in [0.4, 0.5) is 9.18 Å². The van der Waals surface area contributed by atoms with Crippen molar-refractivity contribution in [1.82, 2.24) is 5.32 Å². The first-order valence-electron chi connectivity index (χ1n) is 6.58. The first-order valence-corrected chi connectivity index (χ1v) is 6.58. The third-order valence-electron chi connectivity index (χ3n) is 2.31. The number of carbonyl (C=O) groups is 1. The third kappa shape index (κ3) is 7.09. The van der Waals surface area contributed by atoms with Crippen LogP contribution in [0.25, 0.3) is 0 Å². The molecule has 1 aromatic rings. The summed E-state index contributed by atoms with van der Waals surface area (Å²) < 4.78 is 23.3. The number of ether oxygens (including phenoxy) is 2. The number of carbonyl (C=O) groups excluding carboxylic acids is 1. The molecular formula is C15H22FNO3. The molecule has 0 bridgehead atoms. The van der Waals surface area contributed by atoms with Gasteiger partial charge in [-0.3, -0.25) is 0 Å². The molecule has 0 aliphatic heterocycles. The molecule has 0 saturated carbocycles. The summed E-state index contributed by atoms with van der Waals surface area (Å²) in [7, 11) is 0. The molecule has 1 aromatic carbocycles. The van der Waals surface area contributed by atoms with E-state index in [0.717, 1.165) is 5.56 Å². The predicted molar refractivity (Wildman–Crippen MR) is 74.9 cm³/mol. The summed E-state index contributed by atoms with van der Waals surface area (Å²) in [6.45, 7) is 7.98. The average molecular weight is 283 g/mol. The molecule has 1 atom stereocenters. The number of hydrogen-bond acceptors (Lipinski definition) is 3. The van der Waals surface area contributed by atoms with Gasteiger partial charge >= 0.3 is 6.09 Å². The highest BCUT2D eigenvalue weighted by molar-refractivity contribution is 5.68. The Morgan fingerprint density at radius 1 is 1.30 bits per heavy atom. The topological polar surface area (TPSA) is 47.6 Å². The van der Waals surface area contributed by atoms with Gasteiger partial charge in [0.05, 0.1) is 19.3 Å². The van der Waals surface area contributed by atoms with Crippen molar-refractivity contribution >= 4 is 6.09 Å². The van der Waals surface area contributed by atoms with Gasteiger partial charge in [0.25, 0.3) is 0 Å². The van der Waals surface area contributed by atoms with Crippen LogP contribution in [0.5, 0.6) is 0 Å². The SMILES string of the molecule is C[C@H](COCc1ccc(F)cc1)NC(=O)OC(C)(C)C. The van der Waals surface area contributed by atoms with Crippen LogP contribution >= 0.6 is 0 Å². The quantitative estimate of drug-likeness (QED) is 0.902. The number of hydrogen-bond donors (Lipinski definition) is 1. The second-order valence-corrected chi connectivity index (χ2v) is 5.69. The van der Waals surface area contributed by atoms with Crippen molar-refractivity contribution in [3.8, 4) is 0 Å². The lowest BCUT2D eigenvalue weighted by Gasteiger charge is -2.21. The Kier molecular flexibility index (Phi) is 5.95. The maximum Gasteiger partial charge on any atom is 0.407 e. The smallest absolute Gasteiger partial charge is 0.407 e. The van der Waals surface area contributed by atoms with Gasteiger partial charge in [-0.2, -0.15) is 0 Å². The molecule has 1 N–H and O–H groups in total. The Hall–Kier alpha value is -1.62. The molecule has 0 aliphatic carbocycles. The van der Waals surface area contributed by atoms with Gasteiger partial charge in [0.1, 0.15) is 11.4 Å². The van der Waals surface area contributed by atoms with Crippen LogP contribution in [0.1, 0.15) is 33.3 Å². The van der Waals surface area contributed by atoms with Gasteiger partial charge in [0.15, 0.2) is 0 Å². The van der Waals surface area contributed by atoms with Gasteiger partial charge in [-0.05, 0) is 45.4 Å². The van der Waals surface area contributed by atoms with E-state index in [0.29, 0.717) is 13.2 Å². The highest BCUT2D eigenvalue weighted by atomic mass is 19.1. The van der Waals surface area contributed by atoms with E-state index in [9.17, 15) is 9.18 Å². The van der Waals surface area contributed by atoms with Crippen molar-refractivity contribution in [3.63, 3.8) is 0 Å². The van der Waals surface area contributed by atoms with E-state index in [2.05, 4.69) is 5.32 Å². The average Bonchev–Trinajstić information content (AvgIpc) is 2.29. The van der Waals surface area contributed by atoms with Crippen LogP contribution in [0.2, 0.25) is 0 Å². The van der Waals surface area contributed by atoms with Gasteiger partial charge in [-0.15, -0.1) is 0 Å². The van der Waals surface area contributed by atoms with Crippen molar-refractivity contribution in [2.24, 2.45) is 0 Å². The molecule has 1 rings (SSSR count). The summed E-state index contributed by atoms with van der Waals surface area (Å²) in [6, 6.07) is 5.95. The fraction of sp³-hybridized carbons (Fsp3) is 0.533. The fourth-order valence-electron chi connectivity index (χ4n) is 1.48. The summed E-state index contributed by atoms with van der Waals surface area (Å²) in [5.41, 5.74) is 0.370. The molecule has 0 heterocycles. The Balaban J connectivity index is 2.24. The van der Waals surface area contributed by atoms with Gasteiger partial charge in [0.2, 0.25) is 0 Å². The molecule has 0 fully saturated rings. The van der Waals surface area contributed by atoms with Crippen LogP contribution in [0.15, 0.2) is 24.3 Å². The molecule has 112 valence electrons. The largest absolute Gasteiger partial charge is 0.444 e. The number of nitrogens with one attached hydrogen (secondary N) is 1. The second-order valence-electron chi connectivity index (χ2n) is 5.69. The molecule has 0 saturated heterocycles. The molecule has 20 heavy (non-hydrogen) atoms. The van der Waals surface area contributed by atoms with Gasteiger partial charge in [0, 0.05) is 0 Å². The van der Waals surface area contributed by atoms with E-state index in [1.54, 1.807) is 12.1 Å². The standard InChI is InChI=1S/C15H22FNO3/c1-11(17-14(18)20-15(2,3)4)9-19-10-12-5-7-13(16)8-6-12/h5-8,11H,9-10H2,1-4H3,(H,17,18)/t11-/m1/s1. The highest BCUT2D eigenvalue weighted by Crippen LogP contribution is 2.07. The molecule has 4 nitrogen and oxygen atoms in total. The first-order chi connectivity index (χ1) is 9.26. The normalized spacial score (nSPS) is 12.8. The van der Waals surface area contributed by atoms with Crippen molar-refractivity contribution in [1.29, 1.82) is 0 Å². The molecule has 0 radical (unpaired) electrons. The summed E-state index contributed by atoms with van der Waals surface area (Å²) in [6.07, 6.45) is -0.463. The maximum absolute atomic E-state index is 12.7. The van der Waals surface area contributed by atoms with Crippen molar-refractivity contribution in [2.45, 2.75) is 45.9 Å². The Morgan fingerprint density at radius 2 is 1.90 bits per heavy atom. The van der Waals surface area contributed by atoms with E-state index in [1.165, 1.54) is 12.1 Å². The molecule has 0 aliphatic rings. The van der Waals surface area contributed by atoms with Crippen LogP contribution in [0, 0.1) is 5.82 Å². The van der Waals surface area contributed by atoms with E-state index < -0.39 is 11.7 Å². The van der Waals surface area contributed by atoms with Crippen LogP contribution < -0.4 is 5.32 Å². The Labute approximate surface area is 119 Å². The van der Waals surface area contributed by atoms with Gasteiger partial charge < -0.3 is 14.8 Å². The van der Waals surface area contributed by atoms with Crippen molar-refractivity contribution < 1.29 is 18.7 Å². The fourth-order valence-corrected chi connectivity index (χ4v) is 1.48. The minimum absolute atomic E-state index is 0.162. The minimum atomic E-state index is -0.515. The predicted octanol–water partition coefficient (Wildman–Crippen LogP) is 3.26. The second kappa shape index (κ2) is 7.24. The lowest BCUT2D eigenvalue weighted by Crippen LogP contribution is -2.39. The van der Waals surface area contributed by atoms with Gasteiger partial charge in [-0.1, -0.05) is 12.1 Å². The van der Waals surface area contributed by atoms with Crippen LogP contribution in [0.3, 0.4) is 0 Å². The molecule has 0 aromatic heterocycles. The lowest BCUT2D eigenvalue weighted by atomic mass is 10.2. The molecular weight excluding hydrogens is 261 g/mol. The lowest BCUT2D eigenvalue weighted by molar-refractivity contribution is 0.0442. The maximum atomic E-state index is 12.7. The molecule has 0 spiro atoms. The first kappa shape index (κ1) is 16.4. The number of alkyl carbamates (subject to hydrolysis) is 1. The van der Waals surface area contributed by atoms with E-state index in [1.807, 2.05) is 27.7 Å². The number of benzene rings is 1. The number of rotatable bonds is 5. The molecule has 5 heteroatoms. The molecule has 0 unspecified atom stereocenters. The zero-order chi connectivity index (χ0) is 15.2. The summed E-state index contributed by atoms with van der Waals surface area (Å²) in [4.78, 5) is 11.5. The van der Waals surface area contributed by atoms with Crippen LogP contribution in [-0.2, 0) is 16.1 Å². The van der Waals surface area contributed by atoms with Gasteiger partial charge in [-0.25, -0.2) is 9.18 Å². The summed E-state index contributed by atoms with van der Waals surface area (Å²) in [5.74, 6) is -0.270.